The van der Waals surface area contributed by atoms with Crippen molar-refractivity contribution in [1.82, 2.24) is 45.9 Å². The van der Waals surface area contributed by atoms with Gasteiger partial charge in [0.1, 0.15) is 17.6 Å². The molecule has 44 heavy (non-hydrogen) atoms. The van der Waals surface area contributed by atoms with Crippen molar-refractivity contribution in [3.63, 3.8) is 0 Å². The maximum absolute atomic E-state index is 13.7. The van der Waals surface area contributed by atoms with E-state index in [1.807, 2.05) is 60.7 Å². The van der Waals surface area contributed by atoms with Gasteiger partial charge in [-0.05, 0) is 12.5 Å². The highest BCUT2D eigenvalue weighted by Crippen LogP contribution is 2.19. The summed E-state index contributed by atoms with van der Waals surface area (Å²) < 4.78 is 4.82. The highest BCUT2D eigenvalue weighted by Gasteiger charge is 2.32. The Morgan fingerprint density at radius 2 is 1.70 bits per heavy atom. The summed E-state index contributed by atoms with van der Waals surface area (Å²) in [5.41, 5.74) is 1.84. The number of rotatable bonds is 11. The lowest BCUT2D eigenvalue weighted by atomic mass is 10.1. The Bertz CT molecular complexity index is 1530. The Labute approximate surface area is 252 Å². The smallest absolute Gasteiger partial charge is 0.433 e. The first-order valence-corrected chi connectivity index (χ1v) is 14.1. The topological polar surface area (TPSA) is 180 Å². The van der Waals surface area contributed by atoms with E-state index >= 15 is 0 Å². The summed E-state index contributed by atoms with van der Waals surface area (Å²) in [4.78, 5) is 54.9. The minimum Gasteiger partial charge on any atom is -0.433 e. The van der Waals surface area contributed by atoms with Gasteiger partial charge in [0.25, 0.3) is 5.91 Å². The Morgan fingerprint density at radius 3 is 2.39 bits per heavy atom. The minimum absolute atomic E-state index is 0.00362. The number of benzene rings is 2. The van der Waals surface area contributed by atoms with Crippen molar-refractivity contribution in [2.75, 3.05) is 38.1 Å². The largest absolute Gasteiger partial charge is 0.527 e. The number of hydrogen-bond donors (Lipinski definition) is 3. The number of nitrogens with one attached hydrogen (secondary N) is 3. The number of tetrazole rings is 1. The molecule has 3 N–H and O–H groups in total. The Hall–Kier alpha value is -5.44. The molecular weight excluding hydrogens is 568 g/mol. The summed E-state index contributed by atoms with van der Waals surface area (Å²) in [6.07, 6.45) is -0.803. The molecule has 4 aromatic rings. The zero-order chi connectivity index (χ0) is 30.7. The van der Waals surface area contributed by atoms with E-state index in [4.69, 9.17) is 9.57 Å². The number of carbonyl (C=O) groups is 3. The number of hydroxylamine groups is 2. The van der Waals surface area contributed by atoms with Crippen LogP contribution in [0.2, 0.25) is 0 Å². The number of carbonyl (C=O) groups excluding carboxylic acids is 3. The lowest BCUT2D eigenvalue weighted by Gasteiger charge is -2.34. The van der Waals surface area contributed by atoms with Gasteiger partial charge in [-0.2, -0.15) is 5.21 Å². The summed E-state index contributed by atoms with van der Waals surface area (Å²) in [5.74, 6) is 0.141. The van der Waals surface area contributed by atoms with Gasteiger partial charge in [0.15, 0.2) is 11.6 Å². The van der Waals surface area contributed by atoms with Gasteiger partial charge in [0, 0.05) is 37.7 Å². The van der Waals surface area contributed by atoms with E-state index < -0.39 is 18.1 Å². The van der Waals surface area contributed by atoms with Crippen LogP contribution in [0.25, 0.3) is 11.4 Å². The van der Waals surface area contributed by atoms with Gasteiger partial charge < -0.3 is 25.1 Å². The van der Waals surface area contributed by atoms with Crippen molar-refractivity contribution in [1.29, 1.82) is 0 Å². The zero-order valence-electron chi connectivity index (χ0n) is 24.0. The highest BCUT2D eigenvalue weighted by molar-refractivity contribution is 5.97. The molecule has 0 saturated carbocycles. The standard InChI is InChI=1S/C29H32N10O5/c1-2-43-29(42)44-39-15-13-38(14-16-39)28(41)23(18-25-34-36-37-35-25)32-27(40)22-17-24(30-19-20-9-5-3-6-10-20)33-26(31-22)21-11-7-4-8-12-21/h3-12,17,23H,2,13-16,18-19H2,1H3,(H,32,40)(H,30,31,33)(H,34,35,36,37)/t23-/m0/s1. The third-order valence-electron chi connectivity index (χ3n) is 6.70. The third kappa shape index (κ3) is 8.10. The molecule has 0 unspecified atom stereocenters. The van der Waals surface area contributed by atoms with Gasteiger partial charge in [-0.1, -0.05) is 65.9 Å². The van der Waals surface area contributed by atoms with E-state index in [2.05, 4.69) is 41.2 Å². The van der Waals surface area contributed by atoms with Gasteiger partial charge in [0.2, 0.25) is 5.91 Å². The van der Waals surface area contributed by atoms with Crippen molar-refractivity contribution in [2.24, 2.45) is 0 Å². The molecule has 15 heteroatoms. The van der Waals surface area contributed by atoms with E-state index in [0.29, 0.717) is 18.2 Å². The molecule has 1 atom stereocenters. The molecule has 0 bridgehead atoms. The first-order chi connectivity index (χ1) is 21.5. The van der Waals surface area contributed by atoms with Crippen molar-refractivity contribution in [2.45, 2.75) is 25.9 Å². The van der Waals surface area contributed by atoms with Crippen molar-refractivity contribution < 1.29 is 24.0 Å². The van der Waals surface area contributed by atoms with Crippen molar-refractivity contribution in [3.05, 3.63) is 83.8 Å². The van der Waals surface area contributed by atoms with Crippen LogP contribution in [0, 0.1) is 0 Å². The predicted molar refractivity (Wildman–Crippen MR) is 157 cm³/mol. The zero-order valence-corrected chi connectivity index (χ0v) is 24.0. The third-order valence-corrected chi connectivity index (χ3v) is 6.70. The number of amides is 2. The van der Waals surface area contributed by atoms with E-state index in [9.17, 15) is 14.4 Å². The van der Waals surface area contributed by atoms with E-state index in [-0.39, 0.29) is 56.6 Å². The number of nitrogens with zero attached hydrogens (tertiary/aromatic N) is 7. The minimum atomic E-state index is -1.02. The fourth-order valence-corrected chi connectivity index (χ4v) is 4.51. The van der Waals surface area contributed by atoms with Gasteiger partial charge in [0.05, 0.1) is 19.7 Å². The molecule has 228 valence electrons. The first kappa shape index (κ1) is 30.0. The molecule has 1 aliphatic rings. The van der Waals surface area contributed by atoms with E-state index in [1.54, 1.807) is 17.9 Å². The molecule has 0 spiro atoms. The second kappa shape index (κ2) is 14.6. The molecule has 1 fully saturated rings. The molecule has 1 saturated heterocycles. The van der Waals surface area contributed by atoms with Crippen LogP contribution in [0.15, 0.2) is 66.7 Å². The van der Waals surface area contributed by atoms with Gasteiger partial charge in [-0.25, -0.2) is 14.8 Å². The summed E-state index contributed by atoms with van der Waals surface area (Å²) in [7, 11) is 0. The second-order valence-electron chi connectivity index (χ2n) is 9.75. The highest BCUT2D eigenvalue weighted by atomic mass is 16.8. The molecule has 0 radical (unpaired) electrons. The molecular formula is C29H32N10O5. The molecule has 2 aromatic heterocycles. The number of hydrogen-bond acceptors (Lipinski definition) is 12. The van der Waals surface area contributed by atoms with Crippen LogP contribution >= 0.6 is 0 Å². The average Bonchev–Trinajstić information content (AvgIpc) is 3.57. The molecule has 2 aromatic carbocycles. The number of ether oxygens (including phenoxy) is 1. The van der Waals surface area contributed by atoms with Crippen molar-refractivity contribution in [3.8, 4) is 11.4 Å². The number of piperazine rings is 1. The summed E-state index contributed by atoms with van der Waals surface area (Å²) in [6, 6.07) is 19.6. The molecule has 15 nitrogen and oxygen atoms in total. The molecule has 0 aliphatic carbocycles. The molecule has 5 rings (SSSR count). The fourth-order valence-electron chi connectivity index (χ4n) is 4.51. The van der Waals surface area contributed by atoms with Crippen LogP contribution in [-0.4, -0.2) is 97.4 Å². The number of aromatic amines is 1. The number of H-pyrrole nitrogens is 1. The predicted octanol–water partition coefficient (Wildman–Crippen LogP) is 1.84. The number of aromatic nitrogens is 6. The van der Waals surface area contributed by atoms with Crippen LogP contribution in [0.4, 0.5) is 10.6 Å². The van der Waals surface area contributed by atoms with E-state index in [1.165, 1.54) is 5.06 Å². The van der Waals surface area contributed by atoms with Crippen LogP contribution in [0.3, 0.4) is 0 Å². The van der Waals surface area contributed by atoms with Crippen LogP contribution < -0.4 is 10.6 Å². The Morgan fingerprint density at radius 1 is 0.977 bits per heavy atom. The maximum Gasteiger partial charge on any atom is 0.527 e. The summed E-state index contributed by atoms with van der Waals surface area (Å²) in [6.45, 7) is 3.43. The summed E-state index contributed by atoms with van der Waals surface area (Å²) >= 11 is 0. The monoisotopic (exact) mass is 600 g/mol. The fraction of sp³-hybridized carbons (Fsp3) is 0.310. The van der Waals surface area contributed by atoms with Crippen LogP contribution in [0.1, 0.15) is 28.8 Å². The molecule has 3 heterocycles. The molecule has 2 amide bonds. The normalized spacial score (nSPS) is 14.0. The average molecular weight is 601 g/mol. The van der Waals surface area contributed by atoms with Gasteiger partial charge in [-0.15, -0.1) is 15.3 Å². The van der Waals surface area contributed by atoms with Gasteiger partial charge in [-0.3, -0.25) is 9.59 Å². The van der Waals surface area contributed by atoms with Crippen molar-refractivity contribution >= 4 is 23.8 Å². The summed E-state index contributed by atoms with van der Waals surface area (Å²) in [5, 5.41) is 21.4. The van der Waals surface area contributed by atoms with E-state index in [0.717, 1.165) is 11.1 Å². The lowest BCUT2D eigenvalue weighted by Crippen LogP contribution is -2.55. The lowest BCUT2D eigenvalue weighted by molar-refractivity contribution is -0.157. The Kier molecular flexibility index (Phi) is 9.99. The SMILES string of the molecule is CCOC(=O)ON1CCN(C(=O)[C@H](Cc2nn[nH]n2)NC(=O)c2cc(NCc3ccccc3)nc(-c3ccccc3)n2)CC1. The second-order valence-corrected chi connectivity index (χ2v) is 9.75. The van der Waals surface area contributed by atoms with Crippen LogP contribution in [0.5, 0.6) is 0 Å². The molecule has 1 aliphatic heterocycles. The maximum atomic E-state index is 13.7. The van der Waals surface area contributed by atoms with Crippen LogP contribution in [-0.2, 0) is 27.3 Å². The van der Waals surface area contributed by atoms with Gasteiger partial charge >= 0.3 is 6.16 Å². The number of anilines is 1. The first-order valence-electron chi connectivity index (χ1n) is 14.1. The Balaban J connectivity index is 1.33. The quantitative estimate of drug-likeness (QED) is 0.213.